The van der Waals surface area contributed by atoms with Gasteiger partial charge in [0.15, 0.2) is 0 Å². The highest BCUT2D eigenvalue weighted by atomic mass is 79.9. The molecule has 5 rings (SSSR count). The molecule has 11 heteroatoms. The number of unbranched alkanes of at least 4 members (excludes halogenated alkanes) is 2. The Kier molecular flexibility index (Phi) is 10.0. The molecule has 1 spiro atoms. The number of amides is 3. The molecule has 43 heavy (non-hydrogen) atoms. The second kappa shape index (κ2) is 13.7. The number of hydrogen-bond donors (Lipinski definition) is 2. The van der Waals surface area contributed by atoms with E-state index in [1.54, 1.807) is 11.0 Å². The summed E-state index contributed by atoms with van der Waals surface area (Å²) >= 11 is 3.58. The van der Waals surface area contributed by atoms with E-state index >= 15 is 0 Å². The number of carbonyl (C=O) groups is 4. The number of likely N-dealkylation sites (tertiary alicyclic amines) is 1. The number of nitrogens with zero attached hydrogens (tertiary/aromatic N) is 2. The molecule has 232 valence electrons. The van der Waals surface area contributed by atoms with Crippen LogP contribution in [0, 0.1) is 11.8 Å². The van der Waals surface area contributed by atoms with Crippen molar-refractivity contribution in [1.29, 1.82) is 0 Å². The van der Waals surface area contributed by atoms with Crippen LogP contribution in [0.25, 0.3) is 0 Å². The average Bonchev–Trinajstić information content (AvgIpc) is 3.59. The van der Waals surface area contributed by atoms with E-state index in [2.05, 4.69) is 28.2 Å². The van der Waals surface area contributed by atoms with Crippen LogP contribution in [0.1, 0.15) is 57.1 Å². The fraction of sp³-hybridized carbons (Fsp3) is 0.562. The van der Waals surface area contributed by atoms with E-state index in [1.807, 2.05) is 42.5 Å². The number of carbonyl (C=O) groups excluding carboxylic acids is 4. The van der Waals surface area contributed by atoms with E-state index in [4.69, 9.17) is 9.47 Å². The number of allylic oxidation sites excluding steroid dienone is 1. The van der Waals surface area contributed by atoms with Gasteiger partial charge >= 0.3 is 5.97 Å². The first-order valence-electron chi connectivity index (χ1n) is 15.2. The highest BCUT2D eigenvalue weighted by molar-refractivity contribution is 9.11. The van der Waals surface area contributed by atoms with Crippen molar-refractivity contribution < 1.29 is 33.8 Å². The Morgan fingerprint density at radius 2 is 1.84 bits per heavy atom. The van der Waals surface area contributed by atoms with Crippen molar-refractivity contribution in [1.82, 2.24) is 15.1 Å². The Morgan fingerprint density at radius 1 is 1.05 bits per heavy atom. The summed E-state index contributed by atoms with van der Waals surface area (Å²) in [6, 6.07) is 7.61. The molecule has 2 fully saturated rings. The standard InChI is InChI=1S/C32H40BrN3O7/c1-2-3-9-15-35-16-10-5-8-14-24(38)42-20-23(21-12-6-4-7-13-21)34-29(39)25-26-30(40)36(17-11-18-37)28(31(35)41)32(26)19-22(33)27(25)43-32/h4-7,10,12-13,19,23,25-28,37H,2-3,8-9,11,14-18,20H2,1H3,(H,34,39)/b10-5-/t23-,25-,26+,27-,28-,32+/m0/s1. The first-order valence-corrected chi connectivity index (χ1v) is 16.0. The number of ether oxygens (including phenoxy) is 2. The van der Waals surface area contributed by atoms with Gasteiger partial charge in [-0.3, -0.25) is 19.2 Å². The van der Waals surface area contributed by atoms with E-state index in [0.717, 1.165) is 24.8 Å². The third kappa shape index (κ3) is 6.17. The number of rotatable bonds is 8. The molecule has 0 unspecified atom stereocenters. The van der Waals surface area contributed by atoms with Gasteiger partial charge in [-0.25, -0.2) is 0 Å². The number of benzene rings is 1. The minimum Gasteiger partial charge on any atom is -0.463 e. The minimum atomic E-state index is -1.33. The number of halogens is 1. The predicted octanol–water partition coefficient (Wildman–Crippen LogP) is 3.01. The van der Waals surface area contributed by atoms with Crippen LogP contribution in [0.15, 0.2) is 53.0 Å². The topological polar surface area (TPSA) is 125 Å². The van der Waals surface area contributed by atoms with Crippen LogP contribution in [-0.2, 0) is 28.7 Å². The highest BCUT2D eigenvalue weighted by Crippen LogP contribution is 2.58. The summed E-state index contributed by atoms with van der Waals surface area (Å²) in [5.41, 5.74) is -0.571. The fourth-order valence-electron chi connectivity index (χ4n) is 6.74. The number of hydrogen-bond acceptors (Lipinski definition) is 7. The summed E-state index contributed by atoms with van der Waals surface area (Å²) in [6.45, 7) is 2.86. The quantitative estimate of drug-likeness (QED) is 0.250. The molecular formula is C32H40BrN3O7. The highest BCUT2D eigenvalue weighted by Gasteiger charge is 2.74. The summed E-state index contributed by atoms with van der Waals surface area (Å²) < 4.78 is 12.8. The van der Waals surface area contributed by atoms with Crippen LogP contribution in [0.4, 0.5) is 0 Å². The predicted molar refractivity (Wildman–Crippen MR) is 162 cm³/mol. The van der Waals surface area contributed by atoms with E-state index in [-0.39, 0.29) is 44.0 Å². The second-order valence-corrected chi connectivity index (χ2v) is 12.5. The van der Waals surface area contributed by atoms with Crippen molar-refractivity contribution in [2.24, 2.45) is 11.8 Å². The van der Waals surface area contributed by atoms with Crippen molar-refractivity contribution in [2.45, 2.75) is 69.2 Å². The van der Waals surface area contributed by atoms with Crippen molar-refractivity contribution in [2.75, 3.05) is 32.8 Å². The van der Waals surface area contributed by atoms with E-state index in [9.17, 15) is 24.3 Å². The molecule has 0 aliphatic carbocycles. The summed E-state index contributed by atoms with van der Waals surface area (Å²) in [7, 11) is 0. The first-order chi connectivity index (χ1) is 20.8. The van der Waals surface area contributed by atoms with Gasteiger partial charge in [-0.05, 0) is 30.9 Å². The lowest BCUT2D eigenvalue weighted by molar-refractivity contribution is -0.148. The lowest BCUT2D eigenvalue weighted by Gasteiger charge is -2.36. The Morgan fingerprint density at radius 3 is 2.58 bits per heavy atom. The van der Waals surface area contributed by atoms with Crippen molar-refractivity contribution >= 4 is 39.6 Å². The normalized spacial score (nSPS) is 32.0. The van der Waals surface area contributed by atoms with E-state index in [1.165, 1.54) is 4.90 Å². The minimum absolute atomic E-state index is 0.0632. The maximum Gasteiger partial charge on any atom is 0.306 e. The summed E-state index contributed by atoms with van der Waals surface area (Å²) in [5.74, 6) is -3.22. The summed E-state index contributed by atoms with van der Waals surface area (Å²) in [5, 5.41) is 12.7. The Balaban J connectivity index is 1.55. The van der Waals surface area contributed by atoms with Crippen LogP contribution in [0.5, 0.6) is 0 Å². The second-order valence-electron chi connectivity index (χ2n) is 11.6. The van der Waals surface area contributed by atoms with E-state index in [0.29, 0.717) is 30.4 Å². The monoisotopic (exact) mass is 657 g/mol. The van der Waals surface area contributed by atoms with Gasteiger partial charge in [0.2, 0.25) is 17.7 Å². The van der Waals surface area contributed by atoms with Gasteiger partial charge in [-0.2, -0.15) is 0 Å². The molecule has 0 radical (unpaired) electrons. The zero-order valence-corrected chi connectivity index (χ0v) is 26.0. The van der Waals surface area contributed by atoms with Crippen LogP contribution in [0.3, 0.4) is 0 Å². The Bertz CT molecular complexity index is 1270. The third-order valence-corrected chi connectivity index (χ3v) is 9.48. The van der Waals surface area contributed by atoms with Gasteiger partial charge in [0.05, 0.1) is 17.9 Å². The maximum atomic E-state index is 14.4. The average molecular weight is 659 g/mol. The number of aliphatic hydroxyl groups is 1. The third-order valence-electron chi connectivity index (χ3n) is 8.80. The smallest absolute Gasteiger partial charge is 0.306 e. The summed E-state index contributed by atoms with van der Waals surface area (Å²) in [4.78, 5) is 58.6. The van der Waals surface area contributed by atoms with Crippen molar-refractivity contribution in [3.8, 4) is 0 Å². The molecule has 3 amide bonds. The van der Waals surface area contributed by atoms with Gasteiger partial charge < -0.3 is 29.7 Å². The number of cyclic esters (lactones) is 1. The molecule has 2 saturated heterocycles. The Hall–Kier alpha value is -3.02. The molecule has 1 aromatic carbocycles. The van der Waals surface area contributed by atoms with Crippen molar-refractivity contribution in [3.63, 3.8) is 0 Å². The van der Waals surface area contributed by atoms with Crippen molar-refractivity contribution in [3.05, 3.63) is 58.6 Å². The zero-order valence-electron chi connectivity index (χ0n) is 24.5. The molecule has 1 aromatic rings. The Labute approximate surface area is 260 Å². The van der Waals surface area contributed by atoms with Crippen LogP contribution in [-0.4, -0.2) is 89.2 Å². The number of esters is 1. The van der Waals surface area contributed by atoms with Gasteiger partial charge in [-0.15, -0.1) is 0 Å². The molecule has 0 saturated carbocycles. The maximum absolute atomic E-state index is 14.4. The van der Waals surface area contributed by atoms with Crippen LogP contribution in [0.2, 0.25) is 0 Å². The van der Waals surface area contributed by atoms with Crippen LogP contribution < -0.4 is 5.32 Å². The molecule has 4 aliphatic heterocycles. The lowest BCUT2D eigenvalue weighted by atomic mass is 9.74. The molecule has 4 aliphatic rings. The lowest BCUT2D eigenvalue weighted by Crippen LogP contribution is -2.56. The largest absolute Gasteiger partial charge is 0.463 e. The van der Waals surface area contributed by atoms with Crippen LogP contribution >= 0.6 is 15.9 Å². The van der Waals surface area contributed by atoms with Gasteiger partial charge in [-0.1, -0.05) is 78.2 Å². The SMILES string of the molecule is CCCCCN1C/C=C\CCC(=O)OC[C@@H](c2ccccc2)NC(=O)[C@@H]2[C@H]3O[C@@]4(C=C3Br)[C@H](C1=O)N(CCCO)C(=O)[C@@H]24. The molecule has 4 heterocycles. The molecule has 5 bridgehead atoms. The van der Waals surface area contributed by atoms with Gasteiger partial charge in [0, 0.05) is 37.1 Å². The number of nitrogens with one attached hydrogen (secondary N) is 1. The molecular weight excluding hydrogens is 618 g/mol. The fourth-order valence-corrected chi connectivity index (χ4v) is 7.47. The van der Waals surface area contributed by atoms with Gasteiger partial charge in [0.1, 0.15) is 24.4 Å². The number of fused-ring (bicyclic) bond motifs is 2. The molecule has 6 atom stereocenters. The zero-order chi connectivity index (χ0) is 30.6. The molecule has 0 aromatic heterocycles. The van der Waals surface area contributed by atoms with E-state index < -0.39 is 41.5 Å². The number of aliphatic hydroxyl groups excluding tert-OH is 1. The summed E-state index contributed by atoms with van der Waals surface area (Å²) in [6.07, 6.45) is 8.43. The molecule has 2 N–H and O–H groups in total. The first kappa shape index (κ1) is 31.4. The van der Waals surface area contributed by atoms with Gasteiger partial charge in [0.25, 0.3) is 0 Å². The molecule has 10 nitrogen and oxygen atoms in total.